The average molecular weight is 622 g/mol. The van der Waals surface area contributed by atoms with Crippen LogP contribution in [0.1, 0.15) is 5.56 Å². The number of nitro benzene ring substituents is 1. The molecule has 0 aliphatic carbocycles. The molecule has 3 aromatic rings. The summed E-state index contributed by atoms with van der Waals surface area (Å²) in [5.74, 6) is 1.21. The number of hydrogen-bond donors (Lipinski definition) is 0. The summed E-state index contributed by atoms with van der Waals surface area (Å²) in [4.78, 5) is 11.2. The van der Waals surface area contributed by atoms with Crippen LogP contribution in [0.25, 0.3) is 11.1 Å². The van der Waals surface area contributed by atoms with Gasteiger partial charge in [-0.15, -0.1) is 0 Å². The van der Waals surface area contributed by atoms with E-state index in [1.807, 2.05) is 36.4 Å². The normalized spacial score (nSPS) is 10.4. The van der Waals surface area contributed by atoms with Crippen molar-refractivity contribution in [1.29, 1.82) is 0 Å². The van der Waals surface area contributed by atoms with Crippen LogP contribution in [-0.2, 0) is 6.61 Å². The Hall–Kier alpha value is -1.96. The predicted molar refractivity (Wildman–Crippen MR) is 109 cm³/mol. The van der Waals surface area contributed by atoms with Gasteiger partial charge in [0, 0.05) is 0 Å². The van der Waals surface area contributed by atoms with Gasteiger partial charge in [-0.2, -0.15) is 0 Å². The van der Waals surface area contributed by atoms with Gasteiger partial charge < -0.3 is 0 Å². The molecule has 0 fully saturated rings. The van der Waals surface area contributed by atoms with Gasteiger partial charge in [0.15, 0.2) is 0 Å². The maximum atomic E-state index is 11.6. The van der Waals surface area contributed by atoms with Crippen LogP contribution in [0, 0.1) is 10.1 Å². The molecule has 137 valence electrons. The van der Waals surface area contributed by atoms with Gasteiger partial charge >= 0.3 is 181 Å². The van der Waals surface area contributed by atoms with Gasteiger partial charge in [0.2, 0.25) is 0 Å². The zero-order chi connectivity index (χ0) is 19.4. The van der Waals surface area contributed by atoms with E-state index >= 15 is 0 Å². The molecule has 0 aliphatic rings. The van der Waals surface area contributed by atoms with E-state index in [1.165, 1.54) is 6.07 Å². The number of benzene rings is 3. The molecule has 0 amide bonds. The first-order valence-corrected chi connectivity index (χ1v) is 10.4. The standard InChI is InChI=1S/C20H15BrNO4.Po/c1-25-15-10-11-16(20-17(21)8-5-9-18(20)22(23)24)19(12-15)26-13-14-6-3-2-4-7-14;/h2-10,12H,13H2,1H3;. The molecule has 27 heavy (non-hydrogen) atoms. The average Bonchev–Trinajstić information content (AvgIpc) is 2.67. The third-order valence-corrected chi connectivity index (χ3v) is 5.86. The fourth-order valence-corrected chi connectivity index (χ4v) is 4.48. The number of methoxy groups -OCH3 is 1. The molecule has 0 heterocycles. The van der Waals surface area contributed by atoms with Crippen molar-refractivity contribution in [3.63, 3.8) is 0 Å². The van der Waals surface area contributed by atoms with E-state index in [2.05, 4.69) is 15.9 Å². The van der Waals surface area contributed by atoms with E-state index in [0.717, 1.165) is 33.9 Å². The second kappa shape index (κ2) is 8.82. The Kier molecular flexibility index (Phi) is 6.46. The van der Waals surface area contributed by atoms with Crippen molar-refractivity contribution in [3.8, 4) is 22.6 Å². The number of hydrogen-bond acceptors (Lipinski definition) is 4. The quantitative estimate of drug-likeness (QED) is 0.302. The van der Waals surface area contributed by atoms with Gasteiger partial charge in [0.1, 0.15) is 0 Å². The molecule has 5 nitrogen and oxygen atoms in total. The number of rotatable bonds is 6. The third kappa shape index (κ3) is 4.48. The summed E-state index contributed by atoms with van der Waals surface area (Å²) in [6.07, 6.45) is 0. The van der Waals surface area contributed by atoms with Crippen molar-refractivity contribution >= 4 is 49.9 Å². The summed E-state index contributed by atoms with van der Waals surface area (Å²) in [5, 5.41) is 11.6. The van der Waals surface area contributed by atoms with Gasteiger partial charge in [-0.1, -0.05) is 0 Å². The topological polar surface area (TPSA) is 61.6 Å². The second-order valence-corrected chi connectivity index (χ2v) is 8.23. The summed E-state index contributed by atoms with van der Waals surface area (Å²) in [6.45, 7) is 0.355. The molecular weight excluding hydrogens is 607 g/mol. The summed E-state index contributed by atoms with van der Waals surface area (Å²) in [5.41, 5.74) is 2.26. The Morgan fingerprint density at radius 3 is 2.48 bits per heavy atom. The molecule has 3 rings (SSSR count). The minimum atomic E-state index is -0.375. The molecule has 0 saturated carbocycles. The van der Waals surface area contributed by atoms with E-state index in [-0.39, 0.29) is 10.6 Å². The van der Waals surface area contributed by atoms with Crippen molar-refractivity contribution in [2.45, 2.75) is 6.61 Å². The molecular formula is C20H15BrNO4Po. The van der Waals surface area contributed by atoms with E-state index in [1.54, 1.807) is 25.3 Å². The molecule has 7 heteroatoms. The molecule has 0 aromatic heterocycles. The molecule has 3 aromatic carbocycles. The summed E-state index contributed by atoms with van der Waals surface area (Å²) in [7, 11) is 1.59. The van der Waals surface area contributed by atoms with E-state index < -0.39 is 0 Å². The summed E-state index contributed by atoms with van der Waals surface area (Å²) < 4.78 is 13.0. The first-order chi connectivity index (χ1) is 13.0. The third-order valence-electron chi connectivity index (χ3n) is 3.95. The zero-order valence-electron chi connectivity index (χ0n) is 14.3. The second-order valence-electron chi connectivity index (χ2n) is 5.66. The Morgan fingerprint density at radius 2 is 1.81 bits per heavy atom. The fourth-order valence-electron chi connectivity index (χ4n) is 2.69. The molecule has 0 atom stereocenters. The van der Waals surface area contributed by atoms with Gasteiger partial charge in [0.05, 0.1) is 0 Å². The maximum absolute atomic E-state index is 11.6. The van der Waals surface area contributed by atoms with Gasteiger partial charge in [-0.3, -0.25) is 0 Å². The summed E-state index contributed by atoms with van der Waals surface area (Å²) >= 11 is 4.63. The van der Waals surface area contributed by atoms with Crippen LogP contribution < -0.4 is 12.7 Å². The first kappa shape index (κ1) is 19.8. The van der Waals surface area contributed by atoms with Crippen LogP contribution in [0.2, 0.25) is 0 Å². The molecule has 0 saturated heterocycles. The van der Waals surface area contributed by atoms with Crippen molar-refractivity contribution in [2.24, 2.45) is 0 Å². The zero-order valence-corrected chi connectivity index (χ0v) is 19.1. The van der Waals surface area contributed by atoms with Crippen LogP contribution in [0.15, 0.2) is 65.1 Å². The molecule has 0 spiro atoms. The van der Waals surface area contributed by atoms with Crippen LogP contribution in [0.5, 0.6) is 11.5 Å². The van der Waals surface area contributed by atoms with E-state index in [0.29, 0.717) is 33.7 Å². The number of nitrogens with zero attached hydrogens (tertiary/aromatic N) is 1. The van der Waals surface area contributed by atoms with Gasteiger partial charge in [-0.05, 0) is 0 Å². The predicted octanol–water partition coefficient (Wildman–Crippen LogP) is 4.41. The van der Waals surface area contributed by atoms with Gasteiger partial charge in [0.25, 0.3) is 0 Å². The molecule has 0 aliphatic heterocycles. The molecule has 0 N–H and O–H groups in total. The molecule has 1 radical (unpaired) electrons. The first-order valence-electron chi connectivity index (χ1n) is 8.00. The van der Waals surface area contributed by atoms with E-state index in [4.69, 9.17) is 9.47 Å². The minimum absolute atomic E-state index is 0.0293. The number of nitro groups is 1. The van der Waals surface area contributed by atoms with Crippen molar-refractivity contribution in [1.82, 2.24) is 0 Å². The van der Waals surface area contributed by atoms with Gasteiger partial charge in [-0.25, -0.2) is 0 Å². The van der Waals surface area contributed by atoms with Crippen LogP contribution in [-0.4, -0.2) is 37.1 Å². The van der Waals surface area contributed by atoms with Crippen LogP contribution >= 0.6 is 15.9 Å². The SMILES string of the molecule is COc1c[c]([Po])c(-c2c(Br)cccc2[N+](=O)[O-])c(OCc2ccccc2)c1. The Bertz CT molecular complexity index is 979. The number of halogens is 1. The summed E-state index contributed by atoms with van der Waals surface area (Å²) in [6, 6.07) is 18.4. The van der Waals surface area contributed by atoms with E-state index in [9.17, 15) is 10.1 Å². The molecule has 0 unspecified atom stereocenters. The monoisotopic (exact) mass is 621 g/mol. The fraction of sp³-hybridized carbons (Fsp3) is 0.100. The van der Waals surface area contributed by atoms with Crippen molar-refractivity contribution < 1.29 is 14.4 Å². The van der Waals surface area contributed by atoms with Crippen molar-refractivity contribution in [2.75, 3.05) is 7.11 Å². The Morgan fingerprint density at radius 1 is 1.07 bits per heavy atom. The van der Waals surface area contributed by atoms with Crippen LogP contribution in [0.4, 0.5) is 5.69 Å². The number of ether oxygens (including phenoxy) is 2. The van der Waals surface area contributed by atoms with Crippen LogP contribution in [0.3, 0.4) is 0 Å². The van der Waals surface area contributed by atoms with Crippen molar-refractivity contribution in [3.05, 3.63) is 80.8 Å². The molecule has 0 bridgehead atoms. The Labute approximate surface area is 180 Å². The Balaban J connectivity index is 2.14.